The number of aliphatic imine (C=N–C) groups is 1. The van der Waals surface area contributed by atoms with Crippen molar-refractivity contribution in [3.8, 4) is 11.8 Å². The molecule has 76 valence electrons. The van der Waals surface area contributed by atoms with E-state index in [4.69, 9.17) is 15.2 Å². The Bertz CT molecular complexity index is 329. The van der Waals surface area contributed by atoms with Gasteiger partial charge < -0.3 is 15.2 Å². The van der Waals surface area contributed by atoms with Crippen molar-refractivity contribution >= 4 is 5.84 Å². The molecule has 0 spiro atoms. The lowest BCUT2D eigenvalue weighted by Gasteiger charge is -2.05. The van der Waals surface area contributed by atoms with Crippen LogP contribution in [0.2, 0.25) is 0 Å². The van der Waals surface area contributed by atoms with Gasteiger partial charge in [0.15, 0.2) is 5.84 Å². The molecule has 6 nitrogen and oxygen atoms in total. The van der Waals surface area contributed by atoms with Gasteiger partial charge in [-0.1, -0.05) is 0 Å². The van der Waals surface area contributed by atoms with Crippen LogP contribution in [0.4, 0.5) is 0 Å². The highest BCUT2D eigenvalue weighted by Crippen LogP contribution is 2.14. The fraction of sp³-hybridized carbons (Fsp3) is 0.375. The molecule has 0 aliphatic rings. The fourth-order valence-electron chi connectivity index (χ4n) is 0.828. The summed E-state index contributed by atoms with van der Waals surface area (Å²) in [5.41, 5.74) is 5.56. The number of methoxy groups -OCH3 is 2. The molecule has 6 heteroatoms. The molecule has 2 N–H and O–H groups in total. The third kappa shape index (κ3) is 2.09. The van der Waals surface area contributed by atoms with Crippen LogP contribution >= 0.6 is 0 Å². The Labute approximate surface area is 81.8 Å². The van der Waals surface area contributed by atoms with Crippen LogP contribution in [0.5, 0.6) is 11.8 Å². The van der Waals surface area contributed by atoms with Crippen LogP contribution < -0.4 is 15.2 Å². The summed E-state index contributed by atoms with van der Waals surface area (Å²) in [5, 5.41) is 0. The number of aromatic nitrogens is 2. The molecule has 0 aliphatic heterocycles. The van der Waals surface area contributed by atoms with Gasteiger partial charge in [-0.2, -0.15) is 9.97 Å². The van der Waals surface area contributed by atoms with Gasteiger partial charge in [0.05, 0.1) is 20.3 Å². The number of hydrogen-bond donors (Lipinski definition) is 1. The Hall–Kier alpha value is -1.85. The van der Waals surface area contributed by atoms with Gasteiger partial charge in [-0.25, -0.2) is 0 Å². The minimum absolute atomic E-state index is 0.238. The normalized spacial score (nSPS) is 11.2. The van der Waals surface area contributed by atoms with E-state index in [1.54, 1.807) is 13.1 Å². The summed E-state index contributed by atoms with van der Waals surface area (Å²) in [5.74, 6) is 1.31. The monoisotopic (exact) mass is 196 g/mol. The third-order valence-corrected chi connectivity index (χ3v) is 1.57. The van der Waals surface area contributed by atoms with Gasteiger partial charge in [0.1, 0.15) is 0 Å². The summed E-state index contributed by atoms with van der Waals surface area (Å²) in [6.07, 6.45) is 0. The number of ether oxygens (including phenoxy) is 2. The van der Waals surface area contributed by atoms with Gasteiger partial charge in [-0.05, 0) is 0 Å². The second kappa shape index (κ2) is 4.40. The highest BCUT2D eigenvalue weighted by atomic mass is 16.5. The van der Waals surface area contributed by atoms with E-state index >= 15 is 0 Å². The molecule has 0 saturated heterocycles. The molecule has 0 aliphatic carbocycles. The zero-order valence-corrected chi connectivity index (χ0v) is 8.31. The second-order valence-corrected chi connectivity index (χ2v) is 2.39. The van der Waals surface area contributed by atoms with Gasteiger partial charge >= 0.3 is 0 Å². The van der Waals surface area contributed by atoms with Crippen LogP contribution in [-0.2, 0) is 0 Å². The summed E-state index contributed by atoms with van der Waals surface area (Å²) in [4.78, 5) is 11.8. The lowest BCUT2D eigenvalue weighted by Crippen LogP contribution is -2.17. The zero-order chi connectivity index (χ0) is 10.6. The second-order valence-electron chi connectivity index (χ2n) is 2.39. The first-order valence-corrected chi connectivity index (χ1v) is 3.91. The molecule has 0 radical (unpaired) electrons. The van der Waals surface area contributed by atoms with Crippen LogP contribution in [0.1, 0.15) is 5.82 Å². The minimum atomic E-state index is 0.238. The quantitative estimate of drug-likeness (QED) is 0.536. The first-order valence-electron chi connectivity index (χ1n) is 3.91. The average Bonchev–Trinajstić information content (AvgIpc) is 2.27. The van der Waals surface area contributed by atoms with Crippen molar-refractivity contribution < 1.29 is 9.47 Å². The van der Waals surface area contributed by atoms with Crippen LogP contribution in [0.25, 0.3) is 0 Å². The maximum atomic E-state index is 5.56. The number of hydrogen-bond acceptors (Lipinski definition) is 5. The molecule has 0 amide bonds. The zero-order valence-electron chi connectivity index (χ0n) is 8.31. The maximum absolute atomic E-state index is 5.56. The van der Waals surface area contributed by atoms with E-state index in [-0.39, 0.29) is 5.84 Å². The summed E-state index contributed by atoms with van der Waals surface area (Å²) in [6.45, 7) is 0. The topological polar surface area (TPSA) is 82.6 Å². The number of nitrogens with two attached hydrogens (primary N) is 1. The summed E-state index contributed by atoms with van der Waals surface area (Å²) >= 11 is 0. The number of rotatable bonds is 3. The van der Waals surface area contributed by atoms with Gasteiger partial charge in [-0.3, -0.25) is 4.99 Å². The molecule has 0 aromatic carbocycles. The van der Waals surface area contributed by atoms with E-state index in [0.717, 1.165) is 0 Å². The predicted octanol–water partition coefficient (Wildman–Crippen LogP) is -0.171. The molecule has 0 unspecified atom stereocenters. The van der Waals surface area contributed by atoms with Crippen molar-refractivity contribution in [2.24, 2.45) is 10.7 Å². The van der Waals surface area contributed by atoms with E-state index in [9.17, 15) is 0 Å². The van der Waals surface area contributed by atoms with Gasteiger partial charge in [0.25, 0.3) is 0 Å². The van der Waals surface area contributed by atoms with Crippen LogP contribution in [-0.4, -0.2) is 37.1 Å². The highest BCUT2D eigenvalue weighted by Gasteiger charge is 2.07. The molecule has 0 saturated carbocycles. The molecule has 1 heterocycles. The predicted molar refractivity (Wildman–Crippen MR) is 51.8 cm³/mol. The molecular formula is C8H12N4O2. The maximum Gasteiger partial charge on any atom is 0.220 e. The van der Waals surface area contributed by atoms with Crippen LogP contribution in [0.15, 0.2) is 11.1 Å². The number of nitrogens with zero attached hydrogens (tertiary/aromatic N) is 3. The highest BCUT2D eigenvalue weighted by molar-refractivity contribution is 5.94. The Balaban J connectivity index is 3.17. The molecule has 1 rings (SSSR count). The first-order chi connectivity index (χ1) is 6.71. The van der Waals surface area contributed by atoms with Crippen molar-refractivity contribution in [3.63, 3.8) is 0 Å². The Morgan fingerprint density at radius 1 is 1.29 bits per heavy atom. The summed E-state index contributed by atoms with van der Waals surface area (Å²) in [7, 11) is 4.57. The SMILES string of the molecule is CN=C(N)c1nc(OC)cc(OC)n1. The molecule has 1 aromatic rings. The largest absolute Gasteiger partial charge is 0.481 e. The Morgan fingerprint density at radius 2 is 1.79 bits per heavy atom. The van der Waals surface area contributed by atoms with E-state index in [1.165, 1.54) is 14.2 Å². The molecule has 0 bridgehead atoms. The van der Waals surface area contributed by atoms with Crippen molar-refractivity contribution in [2.75, 3.05) is 21.3 Å². The molecule has 0 fully saturated rings. The molecule has 0 atom stereocenters. The van der Waals surface area contributed by atoms with Crippen molar-refractivity contribution in [1.29, 1.82) is 0 Å². The molecule has 14 heavy (non-hydrogen) atoms. The van der Waals surface area contributed by atoms with Crippen molar-refractivity contribution in [1.82, 2.24) is 9.97 Å². The van der Waals surface area contributed by atoms with E-state index < -0.39 is 0 Å². The standard InChI is InChI=1S/C8H12N4O2/c1-10-7(9)8-11-5(13-2)4-6(12-8)14-3/h4H,1-3H3,(H2,9,10). The summed E-state index contributed by atoms with van der Waals surface area (Å²) < 4.78 is 9.90. The van der Waals surface area contributed by atoms with E-state index in [2.05, 4.69) is 15.0 Å². The van der Waals surface area contributed by atoms with Crippen molar-refractivity contribution in [2.45, 2.75) is 0 Å². The van der Waals surface area contributed by atoms with Crippen LogP contribution in [0, 0.1) is 0 Å². The van der Waals surface area contributed by atoms with Crippen molar-refractivity contribution in [3.05, 3.63) is 11.9 Å². The van der Waals surface area contributed by atoms with Gasteiger partial charge in [-0.15, -0.1) is 0 Å². The number of amidine groups is 1. The first kappa shape index (κ1) is 10.2. The third-order valence-electron chi connectivity index (χ3n) is 1.57. The van der Waals surface area contributed by atoms with E-state index in [1.807, 2.05) is 0 Å². The smallest absolute Gasteiger partial charge is 0.220 e. The Kier molecular flexibility index (Phi) is 3.22. The molecule has 1 aromatic heterocycles. The summed E-state index contributed by atoms with van der Waals surface area (Å²) in [6, 6.07) is 1.56. The van der Waals surface area contributed by atoms with Gasteiger partial charge in [0.2, 0.25) is 17.6 Å². The van der Waals surface area contributed by atoms with Crippen LogP contribution in [0.3, 0.4) is 0 Å². The lowest BCUT2D eigenvalue weighted by atomic mass is 10.5. The minimum Gasteiger partial charge on any atom is -0.481 e. The fourth-order valence-corrected chi connectivity index (χ4v) is 0.828. The Morgan fingerprint density at radius 3 is 2.14 bits per heavy atom. The van der Waals surface area contributed by atoms with E-state index in [0.29, 0.717) is 17.6 Å². The average molecular weight is 196 g/mol. The lowest BCUT2D eigenvalue weighted by molar-refractivity contribution is 0.371. The molecular weight excluding hydrogens is 184 g/mol. The van der Waals surface area contributed by atoms with Gasteiger partial charge in [0, 0.05) is 7.05 Å².